The van der Waals surface area contributed by atoms with Gasteiger partial charge in [0, 0.05) is 17.6 Å². The second kappa shape index (κ2) is 6.23. The van der Waals surface area contributed by atoms with E-state index in [-0.39, 0.29) is 5.97 Å². The van der Waals surface area contributed by atoms with E-state index in [9.17, 15) is 4.79 Å². The third-order valence-corrected chi connectivity index (χ3v) is 3.11. The van der Waals surface area contributed by atoms with Gasteiger partial charge in [0.25, 0.3) is 0 Å². The predicted octanol–water partition coefficient (Wildman–Crippen LogP) is 3.23. The molecule has 0 aliphatic rings. The zero-order valence-electron chi connectivity index (χ0n) is 11.4. The average Bonchev–Trinajstić information content (AvgIpc) is 2.44. The third-order valence-electron chi connectivity index (χ3n) is 3.11. The largest absolute Gasteiger partial charge is 0.465 e. The Kier molecular flexibility index (Phi) is 4.39. The lowest BCUT2D eigenvalue weighted by Gasteiger charge is -2.23. The van der Waals surface area contributed by atoms with E-state index < -0.39 is 0 Å². The minimum Gasteiger partial charge on any atom is -0.465 e. The van der Waals surface area contributed by atoms with Gasteiger partial charge < -0.3 is 9.64 Å². The first-order valence-electron chi connectivity index (χ1n) is 6.64. The molecular weight excluding hydrogens is 238 g/mol. The van der Waals surface area contributed by atoms with Gasteiger partial charge in [0.05, 0.1) is 6.61 Å². The Balaban J connectivity index is 2.32. The molecule has 0 aliphatic carbocycles. The summed E-state index contributed by atoms with van der Waals surface area (Å²) in [6, 6.07) is 14.3. The third kappa shape index (κ3) is 3.05. The number of rotatable bonds is 5. The van der Waals surface area contributed by atoms with E-state index in [1.54, 1.807) is 0 Å². The molecule has 0 fully saturated rings. The summed E-state index contributed by atoms with van der Waals surface area (Å²) in [5.74, 6) is -0.183. The van der Waals surface area contributed by atoms with E-state index in [0.717, 1.165) is 17.6 Å². The van der Waals surface area contributed by atoms with Crippen LogP contribution in [0, 0.1) is 0 Å². The van der Waals surface area contributed by atoms with Crippen molar-refractivity contribution < 1.29 is 9.53 Å². The molecule has 3 heteroatoms. The number of hydrogen-bond acceptors (Lipinski definition) is 3. The monoisotopic (exact) mass is 257 g/mol. The normalized spacial score (nSPS) is 10.4. The fourth-order valence-electron chi connectivity index (χ4n) is 2.21. The molecule has 2 aromatic carbocycles. The van der Waals surface area contributed by atoms with Crippen LogP contribution in [-0.2, 0) is 9.53 Å². The molecule has 2 rings (SSSR count). The van der Waals surface area contributed by atoms with Crippen LogP contribution in [0.2, 0.25) is 0 Å². The summed E-state index contributed by atoms with van der Waals surface area (Å²) in [5.41, 5.74) is 1.08. The van der Waals surface area contributed by atoms with Gasteiger partial charge in [-0.3, -0.25) is 4.79 Å². The number of esters is 1. The number of fused-ring (bicyclic) bond motifs is 1. The molecular formula is C16H19NO2. The van der Waals surface area contributed by atoms with Crippen molar-refractivity contribution in [2.75, 3.05) is 24.6 Å². The van der Waals surface area contributed by atoms with Crippen molar-refractivity contribution in [1.82, 2.24) is 0 Å². The summed E-state index contributed by atoms with van der Waals surface area (Å²) in [5, 5.41) is 2.35. The molecule has 0 heterocycles. The van der Waals surface area contributed by atoms with Gasteiger partial charge in [-0.2, -0.15) is 0 Å². The van der Waals surface area contributed by atoms with Crippen LogP contribution in [0.15, 0.2) is 42.5 Å². The molecule has 0 saturated heterocycles. The summed E-state index contributed by atoms with van der Waals surface area (Å²) >= 11 is 0. The average molecular weight is 257 g/mol. The van der Waals surface area contributed by atoms with E-state index in [2.05, 4.69) is 18.2 Å². The summed E-state index contributed by atoms with van der Waals surface area (Å²) < 4.78 is 5.03. The molecule has 0 N–H and O–H groups in total. The van der Waals surface area contributed by atoms with Crippen LogP contribution in [0.4, 0.5) is 5.69 Å². The van der Waals surface area contributed by atoms with E-state index in [0.29, 0.717) is 13.2 Å². The minimum absolute atomic E-state index is 0.183. The summed E-state index contributed by atoms with van der Waals surface area (Å²) in [4.78, 5) is 13.7. The lowest BCUT2D eigenvalue weighted by Crippen LogP contribution is -2.30. The molecule has 2 aromatic rings. The maximum Gasteiger partial charge on any atom is 0.325 e. The Bertz CT molecular complexity index is 560. The summed E-state index contributed by atoms with van der Waals surface area (Å²) in [6.07, 6.45) is 0. The summed E-state index contributed by atoms with van der Waals surface area (Å²) in [6.45, 7) is 5.35. The Morgan fingerprint density at radius 1 is 1.11 bits per heavy atom. The first-order chi connectivity index (χ1) is 9.26. The maximum atomic E-state index is 11.7. The highest BCUT2D eigenvalue weighted by Crippen LogP contribution is 2.26. The highest BCUT2D eigenvalue weighted by molar-refractivity contribution is 5.95. The number of carbonyl (C=O) groups excluding carboxylic acids is 1. The maximum absolute atomic E-state index is 11.7. The molecule has 0 spiro atoms. The van der Waals surface area contributed by atoms with Crippen molar-refractivity contribution >= 4 is 22.4 Å². The number of anilines is 1. The minimum atomic E-state index is -0.183. The molecule has 0 unspecified atom stereocenters. The predicted molar refractivity (Wildman–Crippen MR) is 78.5 cm³/mol. The fraction of sp³-hybridized carbons (Fsp3) is 0.312. The van der Waals surface area contributed by atoms with E-state index in [1.807, 2.05) is 43.0 Å². The van der Waals surface area contributed by atoms with Crippen molar-refractivity contribution in [3.05, 3.63) is 42.5 Å². The topological polar surface area (TPSA) is 29.5 Å². The number of likely N-dealkylation sites (N-methyl/N-ethyl adjacent to an activating group) is 1. The number of carbonyl (C=O) groups is 1. The van der Waals surface area contributed by atoms with Crippen LogP contribution >= 0.6 is 0 Å². The van der Waals surface area contributed by atoms with Crippen LogP contribution < -0.4 is 4.90 Å². The Labute approximate surface area is 113 Å². The van der Waals surface area contributed by atoms with Gasteiger partial charge in [-0.05, 0) is 25.3 Å². The van der Waals surface area contributed by atoms with E-state index >= 15 is 0 Å². The second-order valence-corrected chi connectivity index (χ2v) is 4.32. The first-order valence-corrected chi connectivity index (χ1v) is 6.64. The number of ether oxygens (including phenoxy) is 1. The van der Waals surface area contributed by atoms with E-state index in [4.69, 9.17) is 4.74 Å². The van der Waals surface area contributed by atoms with Crippen LogP contribution in [0.3, 0.4) is 0 Å². The Morgan fingerprint density at radius 2 is 1.84 bits per heavy atom. The quantitative estimate of drug-likeness (QED) is 0.770. The van der Waals surface area contributed by atoms with Crippen LogP contribution in [0.5, 0.6) is 0 Å². The molecule has 3 nitrogen and oxygen atoms in total. The van der Waals surface area contributed by atoms with Crippen LogP contribution in [0.1, 0.15) is 13.8 Å². The van der Waals surface area contributed by atoms with Gasteiger partial charge >= 0.3 is 5.97 Å². The van der Waals surface area contributed by atoms with Gasteiger partial charge in [0.2, 0.25) is 0 Å². The van der Waals surface area contributed by atoms with Crippen molar-refractivity contribution in [1.29, 1.82) is 0 Å². The molecule has 0 atom stereocenters. The molecule has 100 valence electrons. The van der Waals surface area contributed by atoms with Gasteiger partial charge in [-0.1, -0.05) is 36.4 Å². The van der Waals surface area contributed by atoms with Crippen molar-refractivity contribution in [2.24, 2.45) is 0 Å². The van der Waals surface area contributed by atoms with Gasteiger partial charge in [0.15, 0.2) is 0 Å². The van der Waals surface area contributed by atoms with Crippen molar-refractivity contribution in [3.8, 4) is 0 Å². The van der Waals surface area contributed by atoms with Gasteiger partial charge in [-0.25, -0.2) is 0 Å². The number of benzene rings is 2. The van der Waals surface area contributed by atoms with Crippen LogP contribution in [0.25, 0.3) is 10.8 Å². The summed E-state index contributed by atoms with van der Waals surface area (Å²) in [7, 11) is 0. The zero-order chi connectivity index (χ0) is 13.7. The smallest absolute Gasteiger partial charge is 0.325 e. The molecule has 0 aliphatic heterocycles. The molecule has 0 radical (unpaired) electrons. The van der Waals surface area contributed by atoms with E-state index in [1.165, 1.54) is 5.39 Å². The van der Waals surface area contributed by atoms with Gasteiger partial charge in [-0.15, -0.1) is 0 Å². The Morgan fingerprint density at radius 3 is 2.58 bits per heavy atom. The molecule has 0 amide bonds. The molecule has 0 saturated carbocycles. The SMILES string of the molecule is CCOC(=O)CN(CC)c1cccc2ccccc12. The van der Waals surface area contributed by atoms with Gasteiger partial charge in [0.1, 0.15) is 6.54 Å². The second-order valence-electron chi connectivity index (χ2n) is 4.32. The highest BCUT2D eigenvalue weighted by Gasteiger charge is 2.12. The Hall–Kier alpha value is -2.03. The highest BCUT2D eigenvalue weighted by atomic mass is 16.5. The zero-order valence-corrected chi connectivity index (χ0v) is 11.4. The molecule has 19 heavy (non-hydrogen) atoms. The first kappa shape index (κ1) is 13.4. The number of nitrogens with zero attached hydrogens (tertiary/aromatic N) is 1. The van der Waals surface area contributed by atoms with Crippen molar-refractivity contribution in [2.45, 2.75) is 13.8 Å². The van der Waals surface area contributed by atoms with Crippen molar-refractivity contribution in [3.63, 3.8) is 0 Å². The standard InChI is InChI=1S/C16H19NO2/c1-3-17(12-16(18)19-4-2)15-11-7-9-13-8-5-6-10-14(13)15/h5-11H,3-4,12H2,1-2H3. The number of hydrogen-bond donors (Lipinski definition) is 0. The fourth-order valence-corrected chi connectivity index (χ4v) is 2.21. The lowest BCUT2D eigenvalue weighted by molar-refractivity contribution is -0.141. The molecule has 0 aromatic heterocycles. The van der Waals surface area contributed by atoms with Crippen LogP contribution in [-0.4, -0.2) is 25.7 Å². The molecule has 0 bridgehead atoms. The lowest BCUT2D eigenvalue weighted by atomic mass is 10.1.